The van der Waals surface area contributed by atoms with Gasteiger partial charge in [-0.05, 0) is 48.0 Å². The third kappa shape index (κ3) is 5.58. The number of halogens is 2. The largest absolute Gasteiger partial charge is 0.423 e. The number of benzene rings is 3. The number of anilines is 1. The number of esters is 1. The first-order chi connectivity index (χ1) is 13.0. The lowest BCUT2D eigenvalue weighted by molar-refractivity contribution is -0.115. The van der Waals surface area contributed by atoms with Crippen molar-refractivity contribution in [2.75, 3.05) is 5.32 Å². The monoisotopic (exact) mass is 399 g/mol. The second kappa shape index (κ2) is 8.71. The summed E-state index contributed by atoms with van der Waals surface area (Å²) in [5.74, 6) is -0.418. The molecule has 0 aromatic heterocycles. The fourth-order valence-corrected chi connectivity index (χ4v) is 2.94. The second-order valence-corrected chi connectivity index (χ2v) is 6.66. The van der Waals surface area contributed by atoms with E-state index in [4.69, 9.17) is 27.9 Å². The Morgan fingerprint density at radius 2 is 1.48 bits per heavy atom. The van der Waals surface area contributed by atoms with Crippen LogP contribution in [0, 0.1) is 0 Å². The SMILES string of the molecule is O=C(Cc1ccccc1)Nc1ccc(C(=O)Oc2cc(Cl)cc(Cl)c2)cc1. The maximum Gasteiger partial charge on any atom is 0.343 e. The van der Waals surface area contributed by atoms with Crippen LogP contribution in [0.15, 0.2) is 72.8 Å². The van der Waals surface area contributed by atoms with Gasteiger partial charge in [0.05, 0.1) is 12.0 Å². The van der Waals surface area contributed by atoms with Gasteiger partial charge in [0.25, 0.3) is 0 Å². The van der Waals surface area contributed by atoms with E-state index in [2.05, 4.69) is 5.32 Å². The summed E-state index contributed by atoms with van der Waals surface area (Å²) in [5.41, 5.74) is 1.86. The Kier molecular flexibility index (Phi) is 6.12. The van der Waals surface area contributed by atoms with Gasteiger partial charge in [-0.1, -0.05) is 53.5 Å². The Morgan fingerprint density at radius 3 is 2.11 bits per heavy atom. The van der Waals surface area contributed by atoms with E-state index < -0.39 is 5.97 Å². The second-order valence-electron chi connectivity index (χ2n) is 5.78. The first kappa shape index (κ1) is 19.0. The van der Waals surface area contributed by atoms with Crippen molar-refractivity contribution in [2.24, 2.45) is 0 Å². The van der Waals surface area contributed by atoms with Crippen LogP contribution in [0.2, 0.25) is 10.0 Å². The van der Waals surface area contributed by atoms with E-state index in [1.165, 1.54) is 12.1 Å². The summed E-state index contributed by atoms with van der Waals surface area (Å²) in [6.45, 7) is 0. The molecular weight excluding hydrogens is 385 g/mol. The summed E-state index contributed by atoms with van der Waals surface area (Å²) in [7, 11) is 0. The zero-order valence-corrected chi connectivity index (χ0v) is 15.6. The van der Waals surface area contributed by atoms with Crippen LogP contribution in [0.5, 0.6) is 5.75 Å². The smallest absolute Gasteiger partial charge is 0.343 e. The molecular formula is C21H15Cl2NO3. The number of carbonyl (C=O) groups is 2. The molecule has 4 nitrogen and oxygen atoms in total. The van der Waals surface area contributed by atoms with Crippen molar-refractivity contribution in [3.63, 3.8) is 0 Å². The quantitative estimate of drug-likeness (QED) is 0.461. The fraction of sp³-hybridized carbons (Fsp3) is 0.0476. The zero-order valence-electron chi connectivity index (χ0n) is 14.1. The molecule has 0 bridgehead atoms. The molecule has 0 aliphatic rings. The number of rotatable bonds is 5. The van der Waals surface area contributed by atoms with Crippen molar-refractivity contribution in [1.82, 2.24) is 0 Å². The van der Waals surface area contributed by atoms with Crippen molar-refractivity contribution in [2.45, 2.75) is 6.42 Å². The molecule has 3 aromatic carbocycles. The highest BCUT2D eigenvalue weighted by Gasteiger charge is 2.11. The number of hydrogen-bond acceptors (Lipinski definition) is 3. The number of carbonyl (C=O) groups excluding carboxylic acids is 2. The molecule has 136 valence electrons. The first-order valence-corrected chi connectivity index (χ1v) is 8.87. The molecule has 0 radical (unpaired) electrons. The molecule has 0 aliphatic carbocycles. The van der Waals surface area contributed by atoms with Crippen LogP contribution >= 0.6 is 23.2 Å². The molecule has 1 N–H and O–H groups in total. The third-order valence-corrected chi connectivity index (χ3v) is 4.09. The van der Waals surface area contributed by atoms with E-state index in [1.807, 2.05) is 30.3 Å². The average molecular weight is 400 g/mol. The van der Waals surface area contributed by atoms with E-state index in [0.29, 0.717) is 21.3 Å². The lowest BCUT2D eigenvalue weighted by Crippen LogP contribution is -2.14. The molecule has 0 heterocycles. The molecule has 0 spiro atoms. The van der Waals surface area contributed by atoms with Crippen LogP contribution < -0.4 is 10.1 Å². The minimum atomic E-state index is -0.546. The summed E-state index contributed by atoms with van der Waals surface area (Å²) >= 11 is 11.8. The van der Waals surface area contributed by atoms with Gasteiger partial charge in [0.15, 0.2) is 0 Å². The van der Waals surface area contributed by atoms with E-state index in [1.54, 1.807) is 30.3 Å². The first-order valence-electron chi connectivity index (χ1n) is 8.12. The van der Waals surface area contributed by atoms with Gasteiger partial charge in [-0.25, -0.2) is 4.79 Å². The highest BCUT2D eigenvalue weighted by atomic mass is 35.5. The van der Waals surface area contributed by atoms with Gasteiger partial charge < -0.3 is 10.1 Å². The third-order valence-electron chi connectivity index (χ3n) is 3.66. The Balaban J connectivity index is 1.60. The summed E-state index contributed by atoms with van der Waals surface area (Å²) in [5, 5.41) is 3.55. The van der Waals surface area contributed by atoms with Gasteiger partial charge in [0.2, 0.25) is 5.91 Å². The van der Waals surface area contributed by atoms with E-state index in [-0.39, 0.29) is 18.1 Å². The predicted octanol–water partition coefficient (Wildman–Crippen LogP) is 5.39. The molecule has 0 saturated heterocycles. The molecule has 3 rings (SSSR count). The molecule has 27 heavy (non-hydrogen) atoms. The molecule has 6 heteroatoms. The van der Waals surface area contributed by atoms with Crippen LogP contribution in [-0.2, 0) is 11.2 Å². The van der Waals surface area contributed by atoms with Crippen molar-refractivity contribution >= 4 is 40.8 Å². The van der Waals surface area contributed by atoms with Crippen LogP contribution in [0.1, 0.15) is 15.9 Å². The van der Waals surface area contributed by atoms with Gasteiger partial charge in [0.1, 0.15) is 5.75 Å². The summed E-state index contributed by atoms with van der Waals surface area (Å²) in [4.78, 5) is 24.3. The summed E-state index contributed by atoms with van der Waals surface area (Å²) in [6, 6.07) is 20.4. The average Bonchev–Trinajstić information content (AvgIpc) is 2.62. The number of amides is 1. The van der Waals surface area contributed by atoms with Gasteiger partial charge in [-0.2, -0.15) is 0 Å². The molecule has 0 saturated carbocycles. The number of ether oxygens (including phenoxy) is 1. The number of nitrogens with one attached hydrogen (secondary N) is 1. The van der Waals surface area contributed by atoms with E-state index in [0.717, 1.165) is 5.56 Å². The normalized spacial score (nSPS) is 10.3. The summed E-state index contributed by atoms with van der Waals surface area (Å²) in [6.07, 6.45) is 0.278. The van der Waals surface area contributed by atoms with Crippen molar-refractivity contribution in [3.05, 3.63) is 94.0 Å². The Bertz CT molecular complexity index is 937. The lowest BCUT2D eigenvalue weighted by atomic mass is 10.1. The van der Waals surface area contributed by atoms with Gasteiger partial charge >= 0.3 is 5.97 Å². The van der Waals surface area contributed by atoms with E-state index in [9.17, 15) is 9.59 Å². The minimum Gasteiger partial charge on any atom is -0.423 e. The van der Waals surface area contributed by atoms with E-state index >= 15 is 0 Å². The molecule has 3 aromatic rings. The standard InChI is InChI=1S/C21H15Cl2NO3/c22-16-11-17(23)13-19(12-16)27-21(26)15-6-8-18(9-7-15)24-20(25)10-14-4-2-1-3-5-14/h1-9,11-13H,10H2,(H,24,25). The summed E-state index contributed by atoms with van der Waals surface area (Å²) < 4.78 is 5.27. The highest BCUT2D eigenvalue weighted by molar-refractivity contribution is 6.34. The van der Waals surface area contributed by atoms with Gasteiger partial charge in [-0.15, -0.1) is 0 Å². The number of hydrogen-bond donors (Lipinski definition) is 1. The topological polar surface area (TPSA) is 55.4 Å². The Hall–Kier alpha value is -2.82. The maximum atomic E-state index is 12.2. The van der Waals surface area contributed by atoms with Crippen LogP contribution in [-0.4, -0.2) is 11.9 Å². The Morgan fingerprint density at radius 1 is 0.852 bits per heavy atom. The lowest BCUT2D eigenvalue weighted by Gasteiger charge is -2.08. The zero-order chi connectivity index (χ0) is 19.2. The maximum absolute atomic E-state index is 12.2. The van der Waals surface area contributed by atoms with Crippen LogP contribution in [0.3, 0.4) is 0 Å². The van der Waals surface area contributed by atoms with Crippen molar-refractivity contribution in [3.8, 4) is 5.75 Å². The van der Waals surface area contributed by atoms with Gasteiger partial charge in [0, 0.05) is 15.7 Å². The molecule has 0 atom stereocenters. The highest BCUT2D eigenvalue weighted by Crippen LogP contribution is 2.25. The minimum absolute atomic E-state index is 0.134. The van der Waals surface area contributed by atoms with Crippen molar-refractivity contribution in [1.29, 1.82) is 0 Å². The Labute approximate surface area is 166 Å². The van der Waals surface area contributed by atoms with Crippen molar-refractivity contribution < 1.29 is 14.3 Å². The molecule has 0 unspecified atom stereocenters. The van der Waals surface area contributed by atoms with Gasteiger partial charge in [-0.3, -0.25) is 4.79 Å². The molecule has 0 fully saturated rings. The fourth-order valence-electron chi connectivity index (χ4n) is 2.43. The molecule has 0 aliphatic heterocycles. The predicted molar refractivity (Wildman–Crippen MR) is 107 cm³/mol. The van der Waals surface area contributed by atoms with Crippen LogP contribution in [0.25, 0.3) is 0 Å². The molecule has 1 amide bonds. The van der Waals surface area contributed by atoms with Crippen LogP contribution in [0.4, 0.5) is 5.69 Å².